The van der Waals surface area contributed by atoms with E-state index in [1.54, 1.807) is 0 Å². The van der Waals surface area contributed by atoms with Gasteiger partial charge in [-0.15, -0.1) is 6.58 Å². The van der Waals surface area contributed by atoms with E-state index in [0.717, 1.165) is 30.9 Å². The predicted octanol–water partition coefficient (Wildman–Crippen LogP) is 3.10. The van der Waals surface area contributed by atoms with Crippen LogP contribution in [0.1, 0.15) is 18.5 Å². The number of anilines is 1. The molecule has 2 N–H and O–H groups in total. The summed E-state index contributed by atoms with van der Waals surface area (Å²) >= 11 is 0. The van der Waals surface area contributed by atoms with Crippen molar-refractivity contribution >= 4 is 16.6 Å². The van der Waals surface area contributed by atoms with Gasteiger partial charge in [0.1, 0.15) is 5.82 Å². The number of nitrogens with two attached hydrogens (primary N) is 1. The Kier molecular flexibility index (Phi) is 4.53. The topological polar surface area (TPSA) is 42.2 Å². The Morgan fingerprint density at radius 3 is 2.89 bits per heavy atom. The summed E-state index contributed by atoms with van der Waals surface area (Å²) in [5.41, 5.74) is 6.67. The number of fused-ring (bicyclic) bond motifs is 1. The van der Waals surface area contributed by atoms with E-state index in [1.807, 2.05) is 18.2 Å². The first-order chi connectivity index (χ1) is 9.26. The van der Waals surface area contributed by atoms with Gasteiger partial charge >= 0.3 is 0 Å². The van der Waals surface area contributed by atoms with E-state index < -0.39 is 0 Å². The molecule has 3 nitrogen and oxygen atoms in total. The fourth-order valence-corrected chi connectivity index (χ4v) is 2.21. The molecule has 0 radical (unpaired) electrons. The number of allylic oxidation sites excluding steroid dienone is 1. The van der Waals surface area contributed by atoms with Crippen molar-refractivity contribution < 1.29 is 0 Å². The van der Waals surface area contributed by atoms with Gasteiger partial charge in [-0.05, 0) is 24.3 Å². The number of hydrogen-bond acceptors (Lipinski definition) is 3. The van der Waals surface area contributed by atoms with Gasteiger partial charge in [0, 0.05) is 25.5 Å². The maximum Gasteiger partial charge on any atom is 0.136 e. The highest BCUT2D eigenvalue weighted by Crippen LogP contribution is 2.25. The van der Waals surface area contributed by atoms with Crippen LogP contribution in [-0.4, -0.2) is 18.6 Å². The Morgan fingerprint density at radius 1 is 1.37 bits per heavy atom. The van der Waals surface area contributed by atoms with Crippen LogP contribution in [0.4, 0.5) is 5.82 Å². The zero-order valence-electron chi connectivity index (χ0n) is 11.5. The van der Waals surface area contributed by atoms with E-state index >= 15 is 0 Å². The van der Waals surface area contributed by atoms with Crippen LogP contribution < -0.4 is 10.6 Å². The molecule has 0 atom stereocenters. The molecule has 1 aromatic heterocycles. The molecule has 0 saturated carbocycles. The summed E-state index contributed by atoms with van der Waals surface area (Å²) in [5.74, 6) is 1.02. The van der Waals surface area contributed by atoms with E-state index in [1.165, 1.54) is 10.8 Å². The Labute approximate surface area is 114 Å². The Balaban J connectivity index is 2.36. The normalized spacial score (nSPS) is 10.6. The van der Waals surface area contributed by atoms with Crippen molar-refractivity contribution in [1.82, 2.24) is 4.98 Å². The highest BCUT2D eigenvalue weighted by Gasteiger charge is 2.09. The second kappa shape index (κ2) is 6.34. The molecule has 1 heterocycles. The van der Waals surface area contributed by atoms with Crippen molar-refractivity contribution in [3.8, 4) is 0 Å². The van der Waals surface area contributed by atoms with Gasteiger partial charge in [0.2, 0.25) is 0 Å². The van der Waals surface area contributed by atoms with Crippen LogP contribution in [0.25, 0.3) is 10.8 Å². The minimum Gasteiger partial charge on any atom is -0.359 e. The number of nitrogens with zero attached hydrogens (tertiary/aromatic N) is 2. The summed E-state index contributed by atoms with van der Waals surface area (Å²) in [7, 11) is 2.08. The molecule has 0 unspecified atom stereocenters. The maximum absolute atomic E-state index is 5.74. The van der Waals surface area contributed by atoms with Crippen LogP contribution in [0.5, 0.6) is 0 Å². The zero-order chi connectivity index (χ0) is 13.7. The number of aromatic nitrogens is 1. The number of benzene rings is 1. The van der Waals surface area contributed by atoms with Gasteiger partial charge in [-0.25, -0.2) is 4.98 Å². The molecule has 100 valence electrons. The fourth-order valence-electron chi connectivity index (χ4n) is 2.21. The lowest BCUT2D eigenvalue weighted by Crippen LogP contribution is -2.20. The standard InChI is InChI=1S/C16H21N3/c1-3-4-7-10-19(2)16-15-9-6-5-8-13(15)11-14(12-17)18-16/h3,5-6,8-9,11H,1,4,7,10,12,17H2,2H3. The number of rotatable bonds is 6. The number of pyridine rings is 1. The Morgan fingerprint density at radius 2 is 2.16 bits per heavy atom. The molecule has 0 aliphatic rings. The minimum atomic E-state index is 0.471. The molecule has 0 saturated heterocycles. The quantitative estimate of drug-likeness (QED) is 0.637. The predicted molar refractivity (Wildman–Crippen MR) is 82.3 cm³/mol. The average molecular weight is 255 g/mol. The van der Waals surface area contributed by atoms with Crippen LogP contribution in [-0.2, 0) is 6.54 Å². The summed E-state index contributed by atoms with van der Waals surface area (Å²) in [6, 6.07) is 10.4. The molecule has 0 aliphatic carbocycles. The molecule has 19 heavy (non-hydrogen) atoms. The summed E-state index contributed by atoms with van der Waals surface area (Å²) < 4.78 is 0. The molecule has 2 aromatic rings. The van der Waals surface area contributed by atoms with Crippen molar-refractivity contribution in [3.05, 3.63) is 48.7 Å². The first-order valence-corrected chi connectivity index (χ1v) is 6.67. The fraction of sp³-hybridized carbons (Fsp3) is 0.312. The first-order valence-electron chi connectivity index (χ1n) is 6.67. The van der Waals surface area contributed by atoms with Crippen LogP contribution >= 0.6 is 0 Å². The minimum absolute atomic E-state index is 0.471. The van der Waals surface area contributed by atoms with Gasteiger partial charge in [-0.2, -0.15) is 0 Å². The van der Waals surface area contributed by atoms with Crippen molar-refractivity contribution in [1.29, 1.82) is 0 Å². The second-order valence-corrected chi connectivity index (χ2v) is 4.71. The second-order valence-electron chi connectivity index (χ2n) is 4.71. The van der Waals surface area contributed by atoms with Crippen LogP contribution in [0.2, 0.25) is 0 Å². The van der Waals surface area contributed by atoms with Crippen LogP contribution in [0.3, 0.4) is 0 Å². The van der Waals surface area contributed by atoms with Crippen molar-refractivity contribution in [2.45, 2.75) is 19.4 Å². The third kappa shape index (κ3) is 3.12. The highest BCUT2D eigenvalue weighted by atomic mass is 15.2. The molecule has 1 aromatic carbocycles. The molecule has 0 aliphatic heterocycles. The SMILES string of the molecule is C=CCCCN(C)c1nc(CN)cc2ccccc12. The van der Waals surface area contributed by atoms with Gasteiger partial charge in [-0.3, -0.25) is 0 Å². The van der Waals surface area contributed by atoms with E-state index in [0.29, 0.717) is 6.54 Å². The van der Waals surface area contributed by atoms with Crippen LogP contribution in [0.15, 0.2) is 43.0 Å². The zero-order valence-corrected chi connectivity index (χ0v) is 11.5. The number of hydrogen-bond donors (Lipinski definition) is 1. The average Bonchev–Trinajstić information content (AvgIpc) is 2.46. The van der Waals surface area contributed by atoms with E-state index in [4.69, 9.17) is 5.73 Å². The first kappa shape index (κ1) is 13.6. The van der Waals surface area contributed by atoms with E-state index in [9.17, 15) is 0 Å². The molecular formula is C16H21N3. The third-order valence-corrected chi connectivity index (χ3v) is 3.25. The van der Waals surface area contributed by atoms with Gasteiger partial charge in [0.25, 0.3) is 0 Å². The lowest BCUT2D eigenvalue weighted by Gasteiger charge is -2.20. The Bertz CT molecular complexity index is 563. The van der Waals surface area contributed by atoms with E-state index in [-0.39, 0.29) is 0 Å². The highest BCUT2D eigenvalue weighted by molar-refractivity contribution is 5.92. The third-order valence-electron chi connectivity index (χ3n) is 3.25. The molecule has 0 amide bonds. The Hall–Kier alpha value is -1.87. The van der Waals surface area contributed by atoms with Crippen LogP contribution in [0, 0.1) is 0 Å². The molecule has 3 heteroatoms. The van der Waals surface area contributed by atoms with Crippen molar-refractivity contribution in [3.63, 3.8) is 0 Å². The van der Waals surface area contributed by atoms with Crippen molar-refractivity contribution in [2.75, 3.05) is 18.5 Å². The van der Waals surface area contributed by atoms with Gasteiger partial charge in [-0.1, -0.05) is 30.3 Å². The van der Waals surface area contributed by atoms with Gasteiger partial charge in [0.05, 0.1) is 5.69 Å². The molecule has 2 rings (SSSR count). The summed E-state index contributed by atoms with van der Waals surface area (Å²) in [6.45, 7) is 5.20. The summed E-state index contributed by atoms with van der Waals surface area (Å²) in [6.07, 6.45) is 4.07. The van der Waals surface area contributed by atoms with Gasteiger partial charge < -0.3 is 10.6 Å². The largest absolute Gasteiger partial charge is 0.359 e. The lowest BCUT2D eigenvalue weighted by molar-refractivity contribution is 0.791. The smallest absolute Gasteiger partial charge is 0.136 e. The van der Waals surface area contributed by atoms with Crippen molar-refractivity contribution in [2.24, 2.45) is 5.73 Å². The summed E-state index contributed by atoms with van der Waals surface area (Å²) in [4.78, 5) is 6.87. The molecular weight excluding hydrogens is 234 g/mol. The maximum atomic E-state index is 5.74. The monoisotopic (exact) mass is 255 g/mol. The molecule has 0 fully saturated rings. The summed E-state index contributed by atoms with van der Waals surface area (Å²) in [5, 5.41) is 2.38. The molecule has 0 bridgehead atoms. The lowest BCUT2D eigenvalue weighted by atomic mass is 10.1. The van der Waals surface area contributed by atoms with Gasteiger partial charge in [0.15, 0.2) is 0 Å². The number of unbranched alkanes of at least 4 members (excludes halogenated alkanes) is 1. The van der Waals surface area contributed by atoms with E-state index in [2.05, 4.69) is 41.7 Å². The molecule has 0 spiro atoms.